The van der Waals surface area contributed by atoms with Gasteiger partial charge in [-0.15, -0.1) is 0 Å². The number of hydrogen-bond acceptors (Lipinski definition) is 12. The van der Waals surface area contributed by atoms with Gasteiger partial charge in [0.15, 0.2) is 0 Å². The van der Waals surface area contributed by atoms with Gasteiger partial charge in [-0.05, 0) is 44.9 Å². The molecule has 0 atom stereocenters. The summed E-state index contributed by atoms with van der Waals surface area (Å²) in [5.74, 6) is -1.05. The van der Waals surface area contributed by atoms with Crippen LogP contribution < -0.4 is 16.0 Å². The lowest BCUT2D eigenvalue weighted by Crippen LogP contribution is -2.65. The van der Waals surface area contributed by atoms with E-state index >= 15 is 0 Å². The van der Waals surface area contributed by atoms with Gasteiger partial charge in [0.05, 0.1) is 86.1 Å². The molecule has 0 aliphatic carbocycles. The molecule has 0 saturated heterocycles. The van der Waals surface area contributed by atoms with Crippen molar-refractivity contribution in [3.63, 3.8) is 0 Å². The Hall–Kier alpha value is -1.77. The standard InChI is InChI=1S/C76H154N4O12Si/c1-7-12-17-22-27-30-33-36-39-44-49-55-71(87)77-74(62-81,63-82)68-90-93(61-54-60-80(6,58-52-47-42-25-20-15-10-4)59-53-48-43-26-21-16-11-5,91-69-75(64-83,65-84)78-72(88)56-50-45-40-37-34-31-28-23-18-13-8-2)92-70-76(66-85,67-86)79-73(89)57-51-46-41-38-35-32-29-24-19-14-9-3/h81-86H,7-70H2,1-6H3,(H2-,77,78,79,87,88,89)/p+1. The fourth-order valence-electron chi connectivity index (χ4n) is 12.7. The van der Waals surface area contributed by atoms with Crippen LogP contribution in [-0.4, -0.2) is 164 Å². The zero-order valence-corrected chi connectivity index (χ0v) is 62.8. The van der Waals surface area contributed by atoms with Gasteiger partial charge in [0.25, 0.3) is 0 Å². The van der Waals surface area contributed by atoms with Crippen molar-refractivity contribution in [1.29, 1.82) is 0 Å². The second-order valence-electron chi connectivity index (χ2n) is 29.0. The van der Waals surface area contributed by atoms with Gasteiger partial charge in [0, 0.05) is 31.7 Å². The average molecular weight is 1350 g/mol. The summed E-state index contributed by atoms with van der Waals surface area (Å²) in [4.78, 5) is 41.5. The second kappa shape index (κ2) is 62.5. The molecule has 0 saturated carbocycles. The smallest absolute Gasteiger partial charge is 0.394 e. The number of nitrogens with zero attached hydrogens (tertiary/aromatic N) is 1. The molecule has 0 aromatic rings. The molecule has 554 valence electrons. The maximum atomic E-state index is 13.8. The minimum Gasteiger partial charge on any atom is -0.394 e. The Morgan fingerprint density at radius 3 is 0.677 bits per heavy atom. The number of aliphatic hydroxyl groups excluding tert-OH is 6. The van der Waals surface area contributed by atoms with E-state index in [-0.39, 0.29) is 43.0 Å². The molecular weight excluding hydrogens is 1190 g/mol. The summed E-state index contributed by atoms with van der Waals surface area (Å²) < 4.78 is 21.7. The highest BCUT2D eigenvalue weighted by Gasteiger charge is 2.49. The third kappa shape index (κ3) is 49.4. The number of carbonyl (C=O) groups is 3. The van der Waals surface area contributed by atoms with E-state index in [1.54, 1.807) is 0 Å². The summed E-state index contributed by atoms with van der Waals surface area (Å²) in [5.41, 5.74) is -5.08. The van der Waals surface area contributed by atoms with Crippen LogP contribution in [0.3, 0.4) is 0 Å². The predicted octanol–water partition coefficient (Wildman–Crippen LogP) is 15.9. The van der Waals surface area contributed by atoms with Crippen LogP contribution in [0.4, 0.5) is 0 Å². The summed E-state index contributed by atoms with van der Waals surface area (Å²) in [6.45, 7) is 8.26. The molecular formula is C76H155N4O12Si+. The Morgan fingerprint density at radius 2 is 0.473 bits per heavy atom. The predicted molar refractivity (Wildman–Crippen MR) is 388 cm³/mol. The highest BCUT2D eigenvalue weighted by molar-refractivity contribution is 6.60. The van der Waals surface area contributed by atoms with Gasteiger partial charge in [0.1, 0.15) is 16.6 Å². The first-order valence-electron chi connectivity index (χ1n) is 39.5. The third-order valence-corrected chi connectivity index (χ3v) is 22.3. The van der Waals surface area contributed by atoms with Crippen molar-refractivity contribution in [3.05, 3.63) is 0 Å². The van der Waals surface area contributed by atoms with Crippen LogP contribution in [0.15, 0.2) is 0 Å². The van der Waals surface area contributed by atoms with Crippen molar-refractivity contribution in [2.45, 2.75) is 385 Å². The zero-order valence-electron chi connectivity index (χ0n) is 61.8. The number of unbranched alkanes of at least 4 members (excludes halogenated alkanes) is 42. The van der Waals surface area contributed by atoms with E-state index in [1.807, 2.05) is 0 Å². The minimum absolute atomic E-state index is 0.133. The Labute approximate surface area is 573 Å². The summed E-state index contributed by atoms with van der Waals surface area (Å²) in [5, 5.41) is 75.7. The molecule has 0 bridgehead atoms. The molecule has 17 heteroatoms. The first-order chi connectivity index (χ1) is 45.2. The maximum Gasteiger partial charge on any atom is 0.501 e. The second-order valence-corrected chi connectivity index (χ2v) is 31.7. The molecule has 0 aromatic heterocycles. The lowest BCUT2D eigenvalue weighted by atomic mass is 10.0. The number of nitrogens with one attached hydrogen (secondary N) is 3. The SMILES string of the molecule is CCCCCCCCCCCCCC(=O)NC(CO)(CO)CO[Si](CCC[N+](C)(CCCCCCCCC)CCCCCCCCC)(OCC(CO)(CO)NC(=O)CCCCCCCCCCCCC)OCC(CO)(CO)NC(=O)CCCCCCCCCCCCC. The van der Waals surface area contributed by atoms with Gasteiger partial charge in [0.2, 0.25) is 17.7 Å². The number of quaternary nitrogens is 1. The van der Waals surface area contributed by atoms with Crippen molar-refractivity contribution in [2.75, 3.05) is 86.1 Å². The molecule has 0 aromatic carbocycles. The summed E-state index contributed by atoms with van der Waals surface area (Å²) in [6, 6.07) is 0.133. The number of hydrogen-bond donors (Lipinski definition) is 9. The minimum atomic E-state index is -4.39. The molecule has 9 N–H and O–H groups in total. The van der Waals surface area contributed by atoms with Gasteiger partial charge in [-0.1, -0.05) is 291 Å². The van der Waals surface area contributed by atoms with E-state index in [0.29, 0.717) is 32.2 Å². The van der Waals surface area contributed by atoms with Crippen LogP contribution in [0.5, 0.6) is 0 Å². The molecule has 0 aliphatic heterocycles. The lowest BCUT2D eigenvalue weighted by molar-refractivity contribution is -0.910. The molecule has 0 unspecified atom stereocenters. The van der Waals surface area contributed by atoms with Gasteiger partial charge >= 0.3 is 8.80 Å². The topological polar surface area (TPSA) is 236 Å². The van der Waals surface area contributed by atoms with Crippen LogP contribution in [0.1, 0.15) is 362 Å². The molecule has 0 radical (unpaired) electrons. The van der Waals surface area contributed by atoms with Crippen molar-refractivity contribution >= 4 is 26.5 Å². The van der Waals surface area contributed by atoms with Gasteiger partial charge < -0.3 is 64.4 Å². The van der Waals surface area contributed by atoms with Crippen LogP contribution in [0.2, 0.25) is 6.04 Å². The van der Waals surface area contributed by atoms with Crippen LogP contribution in [0.25, 0.3) is 0 Å². The molecule has 0 fully saturated rings. The van der Waals surface area contributed by atoms with Crippen molar-refractivity contribution in [3.8, 4) is 0 Å². The summed E-state index contributed by atoms with van der Waals surface area (Å²) in [7, 11) is -2.08. The fourth-order valence-corrected chi connectivity index (χ4v) is 15.5. The zero-order chi connectivity index (χ0) is 68.7. The molecule has 0 rings (SSSR count). The fraction of sp³-hybridized carbons (Fsp3) is 0.961. The van der Waals surface area contributed by atoms with Gasteiger partial charge in [-0.25, -0.2) is 0 Å². The molecule has 3 amide bonds. The van der Waals surface area contributed by atoms with E-state index in [1.165, 1.54) is 199 Å². The van der Waals surface area contributed by atoms with E-state index in [9.17, 15) is 45.0 Å². The molecule has 0 spiro atoms. The molecule has 0 aliphatic rings. The first kappa shape index (κ1) is 91.2. The average Bonchev–Trinajstić information content (AvgIpc) is 0.854. The van der Waals surface area contributed by atoms with Crippen LogP contribution in [0, 0.1) is 0 Å². The summed E-state index contributed by atoms with van der Waals surface area (Å²) in [6.07, 6.45) is 54.9. The molecule has 93 heavy (non-hydrogen) atoms. The third-order valence-electron chi connectivity index (χ3n) is 19.5. The first-order valence-corrected chi connectivity index (χ1v) is 41.4. The number of aliphatic hydroxyl groups is 6. The quantitative estimate of drug-likeness (QED) is 0.0157. The van der Waals surface area contributed by atoms with E-state index in [2.05, 4.69) is 57.6 Å². The maximum absolute atomic E-state index is 13.8. The van der Waals surface area contributed by atoms with E-state index < -0.39 is 84.9 Å². The monoisotopic (exact) mass is 1340 g/mol. The lowest BCUT2D eigenvalue weighted by Gasteiger charge is -2.41. The Kier molecular flexibility index (Phi) is 61.3. The Morgan fingerprint density at radius 1 is 0.290 bits per heavy atom. The van der Waals surface area contributed by atoms with E-state index in [4.69, 9.17) is 13.3 Å². The van der Waals surface area contributed by atoms with Crippen LogP contribution in [-0.2, 0) is 27.7 Å². The highest BCUT2D eigenvalue weighted by Crippen LogP contribution is 2.28. The largest absolute Gasteiger partial charge is 0.501 e. The highest BCUT2D eigenvalue weighted by atomic mass is 28.4. The molecule has 0 heterocycles. The molecule has 16 nitrogen and oxygen atoms in total. The van der Waals surface area contributed by atoms with Crippen LogP contribution >= 0.6 is 0 Å². The number of rotatable bonds is 74. The van der Waals surface area contributed by atoms with Crippen molar-refractivity contribution in [1.82, 2.24) is 16.0 Å². The summed E-state index contributed by atoms with van der Waals surface area (Å²) >= 11 is 0. The Balaban J connectivity index is 7.21. The number of carbonyl (C=O) groups excluding carboxylic acids is 3. The van der Waals surface area contributed by atoms with E-state index in [0.717, 1.165) is 101 Å². The van der Waals surface area contributed by atoms with Gasteiger partial charge in [-0.2, -0.15) is 0 Å². The van der Waals surface area contributed by atoms with Gasteiger partial charge in [-0.3, -0.25) is 14.4 Å². The Bertz CT molecular complexity index is 1510. The number of amides is 3. The van der Waals surface area contributed by atoms with Crippen molar-refractivity contribution in [2.24, 2.45) is 0 Å². The normalized spacial score (nSPS) is 12.5. The van der Waals surface area contributed by atoms with Crippen molar-refractivity contribution < 1.29 is 62.8 Å².